The number of hydrogen-bond acceptors (Lipinski definition) is 1. The van der Waals surface area contributed by atoms with Gasteiger partial charge in [-0.2, -0.15) is 0 Å². The minimum atomic E-state index is 1.25. The molecular weight excluding hydrogens is 290 g/mol. The van der Waals surface area contributed by atoms with Gasteiger partial charge in [-0.3, -0.25) is 0 Å². The van der Waals surface area contributed by atoms with Gasteiger partial charge in [-0.1, -0.05) is 72.8 Å². The summed E-state index contributed by atoms with van der Waals surface area (Å²) in [5.41, 5.74) is 5.07. The monoisotopic (exact) mass is 307 g/mol. The Morgan fingerprint density at radius 2 is 1.00 bits per heavy atom. The number of benzene rings is 4. The van der Waals surface area contributed by atoms with E-state index in [9.17, 15) is 0 Å². The highest BCUT2D eigenvalue weighted by Crippen LogP contribution is 2.40. The van der Waals surface area contributed by atoms with Gasteiger partial charge in [0.2, 0.25) is 0 Å². The lowest BCUT2D eigenvalue weighted by atomic mass is 10.0. The molecule has 5 rings (SSSR count). The molecule has 1 heteroatoms. The van der Waals surface area contributed by atoms with Crippen molar-refractivity contribution in [2.45, 2.75) is 0 Å². The first-order chi connectivity index (χ1) is 11.8. The summed E-state index contributed by atoms with van der Waals surface area (Å²) in [5, 5.41) is 5.17. The molecule has 0 aromatic heterocycles. The van der Waals surface area contributed by atoms with E-state index in [0.717, 1.165) is 0 Å². The average molecular weight is 307 g/mol. The second kappa shape index (κ2) is 4.97. The molecule has 0 atom stereocenters. The number of hydrogen-bond donors (Lipinski definition) is 0. The van der Waals surface area contributed by atoms with Crippen LogP contribution in [0.1, 0.15) is 11.1 Å². The lowest BCUT2D eigenvalue weighted by Crippen LogP contribution is -2.11. The van der Waals surface area contributed by atoms with Crippen LogP contribution in [0.2, 0.25) is 0 Å². The average Bonchev–Trinajstić information content (AvgIpc) is 2.79. The topological polar surface area (TPSA) is 3.24 Å². The first-order valence-corrected chi connectivity index (χ1v) is 8.28. The molecule has 114 valence electrons. The first-order valence-electron chi connectivity index (χ1n) is 8.28. The molecule has 0 N–H and O–H groups in total. The van der Waals surface area contributed by atoms with Crippen LogP contribution in [-0.2, 0) is 0 Å². The second-order valence-corrected chi connectivity index (χ2v) is 6.33. The highest BCUT2D eigenvalue weighted by molar-refractivity contribution is 6.06. The molecule has 1 heterocycles. The molecule has 0 bridgehead atoms. The fraction of sp³-hybridized carbons (Fsp3) is 0.0435. The highest BCUT2D eigenvalue weighted by Gasteiger charge is 2.17. The van der Waals surface area contributed by atoms with Gasteiger partial charge in [-0.25, -0.2) is 0 Å². The lowest BCUT2D eigenvalue weighted by molar-refractivity contribution is 1.21. The van der Waals surface area contributed by atoms with E-state index in [1.165, 1.54) is 44.0 Å². The predicted octanol–water partition coefficient (Wildman–Crippen LogP) is 6.24. The third-order valence-corrected chi connectivity index (χ3v) is 5.03. The molecule has 1 aliphatic heterocycles. The first kappa shape index (κ1) is 13.4. The Morgan fingerprint density at radius 3 is 1.50 bits per heavy atom. The quantitative estimate of drug-likeness (QED) is 0.371. The molecule has 0 spiro atoms. The van der Waals surface area contributed by atoms with Gasteiger partial charge in [0.25, 0.3) is 0 Å². The predicted molar refractivity (Wildman–Crippen MR) is 105 cm³/mol. The van der Waals surface area contributed by atoms with Crippen molar-refractivity contribution in [1.29, 1.82) is 0 Å². The molecule has 0 unspecified atom stereocenters. The van der Waals surface area contributed by atoms with Crippen LogP contribution in [0.15, 0.2) is 72.8 Å². The van der Waals surface area contributed by atoms with Crippen molar-refractivity contribution in [1.82, 2.24) is 0 Å². The van der Waals surface area contributed by atoms with Crippen molar-refractivity contribution < 1.29 is 0 Å². The van der Waals surface area contributed by atoms with Crippen molar-refractivity contribution in [2.24, 2.45) is 0 Å². The summed E-state index contributed by atoms with van der Waals surface area (Å²) in [7, 11) is 2.16. The van der Waals surface area contributed by atoms with Crippen LogP contribution in [0.5, 0.6) is 0 Å². The van der Waals surface area contributed by atoms with Crippen molar-refractivity contribution in [3.05, 3.63) is 83.9 Å². The largest absolute Gasteiger partial charge is 0.344 e. The molecule has 4 aromatic carbocycles. The Hall–Kier alpha value is -3.06. The van der Waals surface area contributed by atoms with E-state index in [1.54, 1.807) is 0 Å². The zero-order chi connectivity index (χ0) is 16.1. The highest BCUT2D eigenvalue weighted by atomic mass is 15.1. The van der Waals surface area contributed by atoms with E-state index >= 15 is 0 Å². The van der Waals surface area contributed by atoms with Crippen LogP contribution >= 0.6 is 0 Å². The Morgan fingerprint density at radius 1 is 0.542 bits per heavy atom. The zero-order valence-electron chi connectivity index (χ0n) is 13.5. The maximum absolute atomic E-state index is 2.31. The molecule has 4 aromatic rings. The van der Waals surface area contributed by atoms with Crippen LogP contribution in [0, 0.1) is 0 Å². The van der Waals surface area contributed by atoms with E-state index in [2.05, 4.69) is 96.9 Å². The summed E-state index contributed by atoms with van der Waals surface area (Å²) in [6.07, 6.45) is 4.54. The standard InChI is InChI=1S/C23H17N/c1-24-22-14-10-16-6-2-4-8-18(16)20(22)12-13-21-19-9-5-3-7-17(19)11-15-23(21)24/h2-15H,1H3. The van der Waals surface area contributed by atoms with Crippen molar-refractivity contribution >= 4 is 45.1 Å². The summed E-state index contributed by atoms with van der Waals surface area (Å²) in [6, 6.07) is 26.1. The fourth-order valence-electron chi connectivity index (χ4n) is 3.80. The summed E-state index contributed by atoms with van der Waals surface area (Å²) in [5.74, 6) is 0. The smallest absolute Gasteiger partial charge is 0.0488 e. The zero-order valence-corrected chi connectivity index (χ0v) is 13.5. The summed E-state index contributed by atoms with van der Waals surface area (Å²) >= 11 is 0. The number of anilines is 2. The Kier molecular flexibility index (Phi) is 2.77. The maximum atomic E-state index is 2.31. The van der Waals surface area contributed by atoms with Crippen LogP contribution in [0.25, 0.3) is 33.7 Å². The van der Waals surface area contributed by atoms with Gasteiger partial charge in [-0.15, -0.1) is 0 Å². The molecule has 0 saturated carbocycles. The Balaban J connectivity index is 1.86. The van der Waals surface area contributed by atoms with E-state index in [0.29, 0.717) is 0 Å². The van der Waals surface area contributed by atoms with Crippen molar-refractivity contribution in [3.8, 4) is 0 Å². The van der Waals surface area contributed by atoms with Gasteiger partial charge in [0.15, 0.2) is 0 Å². The lowest BCUT2D eigenvalue weighted by Gasteiger charge is -2.23. The van der Waals surface area contributed by atoms with Gasteiger partial charge in [-0.05, 0) is 33.7 Å². The normalized spacial score (nSPS) is 13.0. The van der Waals surface area contributed by atoms with Crippen molar-refractivity contribution in [2.75, 3.05) is 11.9 Å². The minimum absolute atomic E-state index is 1.25. The summed E-state index contributed by atoms with van der Waals surface area (Å²) in [4.78, 5) is 2.31. The van der Waals surface area contributed by atoms with Gasteiger partial charge in [0.05, 0.1) is 0 Å². The molecule has 0 aliphatic carbocycles. The minimum Gasteiger partial charge on any atom is -0.344 e. The summed E-state index contributed by atoms with van der Waals surface area (Å²) < 4.78 is 0. The molecule has 0 radical (unpaired) electrons. The van der Waals surface area contributed by atoms with Gasteiger partial charge in [0, 0.05) is 29.5 Å². The number of rotatable bonds is 0. The van der Waals surface area contributed by atoms with Crippen LogP contribution in [0.3, 0.4) is 0 Å². The molecule has 24 heavy (non-hydrogen) atoms. The molecule has 1 nitrogen and oxygen atoms in total. The van der Waals surface area contributed by atoms with Gasteiger partial charge in [0.1, 0.15) is 0 Å². The third-order valence-electron chi connectivity index (χ3n) is 5.03. The van der Waals surface area contributed by atoms with Gasteiger partial charge < -0.3 is 4.90 Å². The maximum Gasteiger partial charge on any atom is 0.0488 e. The molecule has 0 amide bonds. The Bertz CT molecular complexity index is 1030. The van der Waals surface area contributed by atoms with Gasteiger partial charge >= 0.3 is 0 Å². The fourth-order valence-corrected chi connectivity index (χ4v) is 3.80. The Labute approximate surface area is 141 Å². The van der Waals surface area contributed by atoms with Crippen LogP contribution < -0.4 is 4.90 Å². The number of nitrogens with zero attached hydrogens (tertiary/aromatic N) is 1. The number of fused-ring (bicyclic) bond motifs is 6. The SMILES string of the molecule is CN1c2ccc3ccccc3c2C=Cc2c1ccc1ccccc21. The third kappa shape index (κ3) is 1.82. The van der Waals surface area contributed by atoms with E-state index in [4.69, 9.17) is 0 Å². The second-order valence-electron chi connectivity index (χ2n) is 6.33. The van der Waals surface area contributed by atoms with E-state index in [-0.39, 0.29) is 0 Å². The van der Waals surface area contributed by atoms with E-state index in [1.807, 2.05) is 0 Å². The van der Waals surface area contributed by atoms with Crippen LogP contribution in [-0.4, -0.2) is 7.05 Å². The molecule has 0 fully saturated rings. The van der Waals surface area contributed by atoms with Crippen molar-refractivity contribution in [3.63, 3.8) is 0 Å². The molecule has 1 aliphatic rings. The van der Waals surface area contributed by atoms with E-state index < -0.39 is 0 Å². The van der Waals surface area contributed by atoms with Crippen LogP contribution in [0.4, 0.5) is 11.4 Å². The summed E-state index contributed by atoms with van der Waals surface area (Å²) in [6.45, 7) is 0. The molecular formula is C23H17N. The molecule has 0 saturated heterocycles.